The zero-order valence-corrected chi connectivity index (χ0v) is 21.1. The fraction of sp³-hybridized carbons (Fsp3) is 0.500. The van der Waals surface area contributed by atoms with Gasteiger partial charge in [-0.05, 0) is 42.6 Å². The predicted molar refractivity (Wildman–Crippen MR) is 133 cm³/mol. The van der Waals surface area contributed by atoms with Crippen molar-refractivity contribution in [3.63, 3.8) is 0 Å². The quantitative estimate of drug-likeness (QED) is 0.283. The summed E-state index contributed by atoms with van der Waals surface area (Å²) in [5, 5.41) is 1.28. The lowest BCUT2D eigenvalue weighted by Gasteiger charge is -2.35. The minimum atomic E-state index is -0.0549. The number of aryl methyl sites for hydroxylation is 2. The highest BCUT2D eigenvalue weighted by Gasteiger charge is 2.33. The molecule has 0 aliphatic heterocycles. The van der Waals surface area contributed by atoms with E-state index in [1.807, 2.05) is 13.3 Å². The molecule has 0 amide bonds. The topological polar surface area (TPSA) is 30.8 Å². The minimum Gasteiger partial charge on any atom is -0.467 e. The minimum absolute atomic E-state index is 0.0223. The van der Waals surface area contributed by atoms with Crippen molar-refractivity contribution in [2.75, 3.05) is 21.0 Å². The molecule has 0 heterocycles. The number of nitrogens with zero attached hydrogens (tertiary/aromatic N) is 1. The van der Waals surface area contributed by atoms with Gasteiger partial charge in [-0.2, -0.15) is 0 Å². The van der Waals surface area contributed by atoms with Gasteiger partial charge in [0.15, 0.2) is 6.79 Å². The van der Waals surface area contributed by atoms with Gasteiger partial charge in [0.2, 0.25) is 0 Å². The molecule has 4 heteroatoms. The van der Waals surface area contributed by atoms with Crippen LogP contribution in [0.4, 0.5) is 0 Å². The van der Waals surface area contributed by atoms with Crippen LogP contribution in [0.3, 0.4) is 0 Å². The van der Waals surface area contributed by atoms with Gasteiger partial charge in [-0.15, -0.1) is 0 Å². The van der Waals surface area contributed by atoms with E-state index in [0.717, 1.165) is 12.2 Å². The van der Waals surface area contributed by atoms with Crippen molar-refractivity contribution in [3.05, 3.63) is 58.1 Å². The molecule has 0 saturated heterocycles. The molecule has 2 unspecified atom stereocenters. The number of aliphatic imine (C=N–C) groups is 1. The Bertz CT molecular complexity index is 899. The first-order chi connectivity index (χ1) is 14.1. The molecule has 0 spiro atoms. The van der Waals surface area contributed by atoms with E-state index in [4.69, 9.17) is 9.47 Å². The summed E-state index contributed by atoms with van der Waals surface area (Å²) in [6.45, 7) is 15.9. The van der Waals surface area contributed by atoms with Crippen LogP contribution in [0.15, 0.2) is 35.3 Å². The van der Waals surface area contributed by atoms with E-state index >= 15 is 0 Å². The van der Waals surface area contributed by atoms with E-state index in [0.29, 0.717) is 8.58 Å². The Kier molecular flexibility index (Phi) is 8.25. The molecule has 0 bridgehead atoms. The van der Waals surface area contributed by atoms with Gasteiger partial charge in [-0.25, -0.2) is 0 Å². The monoisotopic (exact) mass is 427 g/mol. The summed E-state index contributed by atoms with van der Waals surface area (Å²) >= 11 is 0. The van der Waals surface area contributed by atoms with Gasteiger partial charge < -0.3 is 9.47 Å². The van der Waals surface area contributed by atoms with Gasteiger partial charge in [-0.1, -0.05) is 78.6 Å². The molecule has 2 rings (SSSR count). The van der Waals surface area contributed by atoms with Crippen molar-refractivity contribution in [3.8, 4) is 5.75 Å². The second-order valence-corrected chi connectivity index (χ2v) is 11.2. The van der Waals surface area contributed by atoms with E-state index in [2.05, 4.69) is 83.8 Å². The summed E-state index contributed by atoms with van der Waals surface area (Å²) in [5.41, 5.74) is 6.21. The Hall–Kier alpha value is -1.70. The maximum absolute atomic E-state index is 6.24. The van der Waals surface area contributed by atoms with Crippen molar-refractivity contribution in [2.24, 2.45) is 4.99 Å². The average molecular weight is 428 g/mol. The third-order valence-corrected chi connectivity index (χ3v) is 7.45. The maximum atomic E-state index is 6.24. The lowest BCUT2D eigenvalue weighted by Crippen LogP contribution is -2.24. The number of methoxy groups -OCH3 is 1. The van der Waals surface area contributed by atoms with Gasteiger partial charge >= 0.3 is 0 Å². The molecule has 0 saturated carbocycles. The molecule has 0 aliphatic rings. The smallest absolute Gasteiger partial charge is 0.188 e. The number of rotatable bonds is 8. The normalized spacial score (nSPS) is 14.6. The van der Waals surface area contributed by atoms with Crippen LogP contribution in [0.5, 0.6) is 5.75 Å². The van der Waals surface area contributed by atoms with Crippen LogP contribution in [0, 0.1) is 13.8 Å². The lowest BCUT2D eigenvalue weighted by molar-refractivity contribution is 0.0487. The molecule has 0 N–H and O–H groups in total. The molecule has 0 aromatic heterocycles. The van der Waals surface area contributed by atoms with Crippen molar-refractivity contribution in [1.29, 1.82) is 0 Å². The van der Waals surface area contributed by atoms with Gasteiger partial charge in [0.25, 0.3) is 0 Å². The van der Waals surface area contributed by atoms with Crippen molar-refractivity contribution < 1.29 is 9.47 Å². The summed E-state index contributed by atoms with van der Waals surface area (Å²) in [6, 6.07) is 11.2. The van der Waals surface area contributed by atoms with E-state index < -0.39 is 0 Å². The molecule has 3 nitrogen and oxygen atoms in total. The molecule has 0 radical (unpaired) electrons. The number of hydrogen-bond donors (Lipinski definition) is 0. The zero-order chi connectivity index (χ0) is 22.5. The van der Waals surface area contributed by atoms with Crippen LogP contribution >= 0.6 is 8.58 Å². The maximum Gasteiger partial charge on any atom is 0.188 e. The molecule has 30 heavy (non-hydrogen) atoms. The molecule has 0 fully saturated rings. The molecule has 0 aliphatic carbocycles. The average Bonchev–Trinajstić information content (AvgIpc) is 2.68. The molecule has 164 valence electrons. The zero-order valence-electron chi connectivity index (χ0n) is 20.1. The summed E-state index contributed by atoms with van der Waals surface area (Å²) in [6.07, 6.45) is 2.99. The van der Waals surface area contributed by atoms with Crippen molar-refractivity contribution in [2.45, 2.75) is 65.5 Å². The first-order valence-corrected chi connectivity index (χ1v) is 11.6. The molecular formula is C26H38NO2P. The Morgan fingerprint density at radius 1 is 1.00 bits per heavy atom. The Morgan fingerprint density at radius 3 is 2.23 bits per heavy atom. The standard InChI is InChI=1S/C26H38NO2P/c1-10-26(7,30-23-12-11-18(2)13-20(23)16-27-8)22-15-19(3)14-21(25(4,5)6)24(22)29-17-28-9/h11-16,30H,10,17H2,1-9H3. The van der Waals surface area contributed by atoms with E-state index in [1.54, 1.807) is 7.11 Å². The summed E-state index contributed by atoms with van der Waals surface area (Å²) in [7, 11) is 4.11. The van der Waals surface area contributed by atoms with Crippen LogP contribution in [-0.2, 0) is 15.3 Å². The third kappa shape index (κ3) is 5.71. The number of hydrogen-bond acceptors (Lipinski definition) is 3. The number of benzene rings is 2. The fourth-order valence-corrected chi connectivity index (χ4v) is 5.24. The molecule has 2 aromatic rings. The second-order valence-electron chi connectivity index (χ2n) is 9.28. The predicted octanol–water partition coefficient (Wildman–Crippen LogP) is 6.26. The number of ether oxygens (including phenoxy) is 2. The van der Waals surface area contributed by atoms with Crippen LogP contribution < -0.4 is 10.0 Å². The Balaban J connectivity index is 2.68. The SMILES string of the molecule is CCC(C)(Pc1ccc(C)cc1C=NC)c1cc(C)cc(C(C)(C)C)c1OCOC. The molecular weight excluding hydrogens is 389 g/mol. The Labute approximate surface area is 185 Å². The van der Waals surface area contributed by atoms with Crippen molar-refractivity contribution in [1.82, 2.24) is 0 Å². The summed E-state index contributed by atoms with van der Waals surface area (Å²) in [5.74, 6) is 0.977. The third-order valence-electron chi connectivity index (χ3n) is 5.55. The van der Waals surface area contributed by atoms with E-state index in [1.165, 1.54) is 33.1 Å². The molecule has 2 atom stereocenters. The first-order valence-electron chi connectivity index (χ1n) is 10.6. The van der Waals surface area contributed by atoms with Gasteiger partial charge in [0, 0.05) is 36.7 Å². The highest BCUT2D eigenvalue weighted by Crippen LogP contribution is 2.50. The highest BCUT2D eigenvalue weighted by molar-refractivity contribution is 7.48. The second kappa shape index (κ2) is 10.1. The van der Waals surface area contributed by atoms with Crippen LogP contribution in [0.2, 0.25) is 0 Å². The van der Waals surface area contributed by atoms with Crippen molar-refractivity contribution >= 4 is 20.1 Å². The molecule has 2 aromatic carbocycles. The van der Waals surface area contributed by atoms with Crippen LogP contribution in [0.25, 0.3) is 0 Å². The summed E-state index contributed by atoms with van der Waals surface area (Å²) in [4.78, 5) is 4.29. The van der Waals surface area contributed by atoms with Gasteiger partial charge in [0.05, 0.1) is 0 Å². The lowest BCUT2D eigenvalue weighted by atomic mass is 9.81. The van der Waals surface area contributed by atoms with Gasteiger partial charge in [0.1, 0.15) is 5.75 Å². The van der Waals surface area contributed by atoms with Gasteiger partial charge in [-0.3, -0.25) is 4.99 Å². The van der Waals surface area contributed by atoms with E-state index in [-0.39, 0.29) is 17.4 Å². The van der Waals surface area contributed by atoms with Crippen LogP contribution in [0.1, 0.15) is 68.9 Å². The highest BCUT2D eigenvalue weighted by atomic mass is 31.1. The largest absolute Gasteiger partial charge is 0.467 e. The van der Waals surface area contributed by atoms with Crippen LogP contribution in [-0.4, -0.2) is 27.2 Å². The fourth-order valence-electron chi connectivity index (χ4n) is 3.70. The first kappa shape index (κ1) is 24.6. The summed E-state index contributed by atoms with van der Waals surface area (Å²) < 4.78 is 11.5. The van der Waals surface area contributed by atoms with E-state index in [9.17, 15) is 0 Å². The Morgan fingerprint density at radius 2 is 1.67 bits per heavy atom.